The zero-order chi connectivity index (χ0) is 8.36. The summed E-state index contributed by atoms with van der Waals surface area (Å²) in [6.07, 6.45) is 9.45. The fourth-order valence-corrected chi connectivity index (χ4v) is 1.37. The molecule has 0 aliphatic carbocycles. The van der Waals surface area contributed by atoms with Crippen molar-refractivity contribution in [1.29, 1.82) is 0 Å². The van der Waals surface area contributed by atoms with Gasteiger partial charge < -0.3 is 5.73 Å². The molecule has 0 atom stereocenters. The van der Waals surface area contributed by atoms with Crippen LogP contribution < -0.4 is 5.73 Å². The topological polar surface area (TPSA) is 26.0 Å². The van der Waals surface area contributed by atoms with Crippen LogP contribution in [0.3, 0.4) is 0 Å². The molecule has 0 fully saturated rings. The molecule has 0 radical (unpaired) electrons. The van der Waals surface area contributed by atoms with Crippen LogP contribution in [0.2, 0.25) is 0 Å². The van der Waals surface area contributed by atoms with Gasteiger partial charge in [0.15, 0.2) is 0 Å². The van der Waals surface area contributed by atoms with Gasteiger partial charge in [-0.1, -0.05) is 24.3 Å². The van der Waals surface area contributed by atoms with Gasteiger partial charge in [-0.15, -0.1) is 0 Å². The van der Waals surface area contributed by atoms with E-state index in [1.165, 1.54) is 5.75 Å². The minimum absolute atomic E-state index is 0.811. The monoisotopic (exact) mass is 171 g/mol. The van der Waals surface area contributed by atoms with Gasteiger partial charge in [0.25, 0.3) is 0 Å². The van der Waals surface area contributed by atoms with E-state index in [1.807, 2.05) is 30.8 Å². The van der Waals surface area contributed by atoms with Crippen LogP contribution in [0.5, 0.6) is 0 Å². The quantitative estimate of drug-likeness (QED) is 0.490. The Balaban J connectivity index is 3.01. The van der Waals surface area contributed by atoms with Crippen molar-refractivity contribution in [1.82, 2.24) is 0 Å². The van der Waals surface area contributed by atoms with Gasteiger partial charge in [0.1, 0.15) is 0 Å². The summed E-state index contributed by atoms with van der Waals surface area (Å²) in [4.78, 5) is 0. The molecule has 0 aliphatic rings. The summed E-state index contributed by atoms with van der Waals surface area (Å²) < 4.78 is 0. The van der Waals surface area contributed by atoms with Gasteiger partial charge in [-0.05, 0) is 25.6 Å². The summed E-state index contributed by atoms with van der Waals surface area (Å²) in [5.41, 5.74) is 5.35. The molecule has 0 spiro atoms. The molecule has 2 heteroatoms. The third-order valence-corrected chi connectivity index (χ3v) is 2.15. The fourth-order valence-electron chi connectivity index (χ4n) is 0.582. The minimum atomic E-state index is 0.811. The van der Waals surface area contributed by atoms with Crippen LogP contribution in [0.15, 0.2) is 24.3 Å². The normalized spacial score (nSPS) is 11.8. The zero-order valence-corrected chi connectivity index (χ0v) is 7.94. The second kappa shape index (κ2) is 9.79. The molecule has 0 aliphatic heterocycles. The number of rotatable bonds is 6. The van der Waals surface area contributed by atoms with Crippen molar-refractivity contribution in [2.45, 2.75) is 13.3 Å². The molecule has 0 amide bonds. The van der Waals surface area contributed by atoms with Crippen molar-refractivity contribution in [3.8, 4) is 0 Å². The van der Waals surface area contributed by atoms with E-state index in [0.29, 0.717) is 0 Å². The first-order valence-corrected chi connectivity index (χ1v) is 5.13. The lowest BCUT2D eigenvalue weighted by atomic mass is 10.5. The van der Waals surface area contributed by atoms with Gasteiger partial charge in [-0.25, -0.2) is 0 Å². The van der Waals surface area contributed by atoms with Gasteiger partial charge in [-0.2, -0.15) is 11.8 Å². The minimum Gasteiger partial charge on any atom is -0.330 e. The van der Waals surface area contributed by atoms with E-state index < -0.39 is 0 Å². The van der Waals surface area contributed by atoms with E-state index in [-0.39, 0.29) is 0 Å². The maximum atomic E-state index is 5.35. The third-order valence-electron chi connectivity index (χ3n) is 1.15. The van der Waals surface area contributed by atoms with Crippen LogP contribution in [-0.2, 0) is 0 Å². The largest absolute Gasteiger partial charge is 0.330 e. The van der Waals surface area contributed by atoms with E-state index in [2.05, 4.69) is 12.2 Å². The van der Waals surface area contributed by atoms with Gasteiger partial charge in [0, 0.05) is 5.75 Å². The lowest BCUT2D eigenvalue weighted by molar-refractivity contribution is 0.944. The molecule has 0 bridgehead atoms. The predicted octanol–water partition coefficient (Wildman–Crippen LogP) is 2.20. The second-order valence-corrected chi connectivity index (χ2v) is 3.32. The summed E-state index contributed by atoms with van der Waals surface area (Å²) >= 11 is 1.93. The summed E-state index contributed by atoms with van der Waals surface area (Å²) in [6, 6.07) is 0. The number of allylic oxidation sites excluding steroid dienone is 3. The van der Waals surface area contributed by atoms with Crippen molar-refractivity contribution in [3.63, 3.8) is 0 Å². The molecule has 0 heterocycles. The molecular formula is C9H17NS. The van der Waals surface area contributed by atoms with E-state index in [9.17, 15) is 0 Å². The predicted molar refractivity (Wildman–Crippen MR) is 55.0 cm³/mol. The lowest BCUT2D eigenvalue weighted by Crippen LogP contribution is -1.99. The molecule has 0 aromatic carbocycles. The van der Waals surface area contributed by atoms with Crippen LogP contribution in [0.25, 0.3) is 0 Å². The smallest absolute Gasteiger partial charge is 0.0116 e. The van der Waals surface area contributed by atoms with Gasteiger partial charge in [-0.3, -0.25) is 0 Å². The Hall–Kier alpha value is -0.210. The van der Waals surface area contributed by atoms with Crippen molar-refractivity contribution in [3.05, 3.63) is 24.3 Å². The van der Waals surface area contributed by atoms with Crippen LogP contribution in [0.1, 0.15) is 13.3 Å². The van der Waals surface area contributed by atoms with Gasteiger partial charge in [0.2, 0.25) is 0 Å². The number of thioether (sulfide) groups is 1. The highest BCUT2D eigenvalue weighted by Gasteiger charge is 1.82. The first-order chi connectivity index (χ1) is 5.41. The SMILES string of the molecule is C/C=C/C=C/CSCCCN. The summed E-state index contributed by atoms with van der Waals surface area (Å²) in [6.45, 7) is 2.83. The molecule has 0 unspecified atom stereocenters. The Morgan fingerprint density at radius 2 is 2.18 bits per heavy atom. The average Bonchev–Trinajstić information content (AvgIpc) is 2.03. The van der Waals surface area contributed by atoms with Crippen molar-refractivity contribution >= 4 is 11.8 Å². The number of hydrogen-bond acceptors (Lipinski definition) is 2. The maximum Gasteiger partial charge on any atom is 0.0116 e. The molecule has 0 saturated heterocycles. The molecule has 2 N–H and O–H groups in total. The Morgan fingerprint density at radius 3 is 2.82 bits per heavy atom. The first kappa shape index (κ1) is 10.8. The summed E-state index contributed by atoms with van der Waals surface area (Å²) in [5.74, 6) is 2.28. The molecule has 0 saturated carbocycles. The summed E-state index contributed by atoms with van der Waals surface area (Å²) in [7, 11) is 0. The van der Waals surface area contributed by atoms with Crippen LogP contribution in [0.4, 0.5) is 0 Å². The molecule has 11 heavy (non-hydrogen) atoms. The highest BCUT2D eigenvalue weighted by Crippen LogP contribution is 2.01. The Kier molecular flexibility index (Phi) is 9.60. The summed E-state index contributed by atoms with van der Waals surface area (Å²) in [5, 5.41) is 0. The van der Waals surface area contributed by atoms with E-state index >= 15 is 0 Å². The Labute approximate surface area is 73.7 Å². The average molecular weight is 171 g/mol. The Morgan fingerprint density at radius 1 is 1.36 bits per heavy atom. The maximum absolute atomic E-state index is 5.35. The van der Waals surface area contributed by atoms with Gasteiger partial charge >= 0.3 is 0 Å². The third kappa shape index (κ3) is 9.79. The van der Waals surface area contributed by atoms with Crippen molar-refractivity contribution < 1.29 is 0 Å². The first-order valence-electron chi connectivity index (χ1n) is 3.97. The molecule has 0 aromatic heterocycles. The highest BCUT2D eigenvalue weighted by atomic mass is 32.2. The molecule has 64 valence electrons. The molecule has 0 rings (SSSR count). The zero-order valence-electron chi connectivity index (χ0n) is 7.12. The van der Waals surface area contributed by atoms with E-state index in [4.69, 9.17) is 5.73 Å². The fraction of sp³-hybridized carbons (Fsp3) is 0.556. The van der Waals surface area contributed by atoms with Crippen molar-refractivity contribution in [2.75, 3.05) is 18.1 Å². The Bertz CT molecular complexity index is 119. The van der Waals surface area contributed by atoms with Crippen LogP contribution in [0, 0.1) is 0 Å². The second-order valence-electron chi connectivity index (χ2n) is 2.17. The van der Waals surface area contributed by atoms with Crippen LogP contribution >= 0.6 is 11.8 Å². The molecule has 0 aromatic rings. The molecule has 1 nitrogen and oxygen atoms in total. The lowest BCUT2D eigenvalue weighted by Gasteiger charge is -1.93. The van der Waals surface area contributed by atoms with Crippen molar-refractivity contribution in [2.24, 2.45) is 5.73 Å². The standard InChI is InChI=1S/C9H17NS/c1-2-3-4-5-8-11-9-6-7-10/h2-5H,6-10H2,1H3/b3-2+,5-4+. The number of nitrogens with two attached hydrogens (primary N) is 1. The molecular weight excluding hydrogens is 154 g/mol. The van der Waals surface area contributed by atoms with Crippen LogP contribution in [-0.4, -0.2) is 18.1 Å². The number of hydrogen-bond donors (Lipinski definition) is 1. The highest BCUT2D eigenvalue weighted by molar-refractivity contribution is 7.99. The van der Waals surface area contributed by atoms with E-state index in [0.717, 1.165) is 18.7 Å². The van der Waals surface area contributed by atoms with Gasteiger partial charge in [0.05, 0.1) is 0 Å². The van der Waals surface area contributed by atoms with E-state index in [1.54, 1.807) is 0 Å².